The quantitative estimate of drug-likeness (QED) is 0.0366. The van der Waals surface area contributed by atoms with Crippen molar-refractivity contribution in [2.24, 2.45) is 11.8 Å². The first-order chi connectivity index (χ1) is 31.3. The van der Waals surface area contributed by atoms with Gasteiger partial charge in [0, 0.05) is 13.1 Å². The number of ether oxygens (including phenoxy) is 4. The molecule has 0 radical (unpaired) electrons. The molecule has 0 aliphatic rings. The number of likely N-dealkylation sites (N-methyl/N-ethyl adjacent to an activating group) is 1. The molecular formula is C55H108N2O7. The van der Waals surface area contributed by atoms with Gasteiger partial charge in [-0.25, -0.2) is 4.79 Å². The number of nitrogens with one attached hydrogen (secondary N) is 1. The molecule has 64 heavy (non-hydrogen) atoms. The van der Waals surface area contributed by atoms with Crippen LogP contribution in [0.4, 0.5) is 4.79 Å². The molecule has 0 saturated heterocycles. The molecule has 0 heterocycles. The lowest BCUT2D eigenvalue weighted by molar-refractivity contribution is -0.150. The van der Waals surface area contributed by atoms with Gasteiger partial charge < -0.3 is 29.2 Å². The zero-order valence-corrected chi connectivity index (χ0v) is 43.4. The first-order valence-electron chi connectivity index (χ1n) is 27.9. The molecule has 0 aromatic heterocycles. The normalized spacial score (nSPS) is 11.7. The van der Waals surface area contributed by atoms with Gasteiger partial charge in [-0.15, -0.1) is 0 Å². The maximum Gasteiger partial charge on any atom is 0.407 e. The minimum Gasteiger partial charge on any atom is -0.465 e. The van der Waals surface area contributed by atoms with Crippen molar-refractivity contribution in [2.75, 3.05) is 53.1 Å². The molecule has 0 aliphatic heterocycles. The maximum absolute atomic E-state index is 13.2. The lowest BCUT2D eigenvalue weighted by Gasteiger charge is -2.19. The van der Waals surface area contributed by atoms with Crippen molar-refractivity contribution in [1.29, 1.82) is 0 Å². The Morgan fingerprint density at radius 1 is 0.422 bits per heavy atom. The molecule has 0 aromatic carbocycles. The van der Waals surface area contributed by atoms with E-state index in [2.05, 4.69) is 51.9 Å². The zero-order chi connectivity index (χ0) is 47.0. The number of hydrogen-bond donors (Lipinski definition) is 1. The first kappa shape index (κ1) is 62.1. The molecule has 0 bridgehead atoms. The second kappa shape index (κ2) is 49.0. The summed E-state index contributed by atoms with van der Waals surface area (Å²) in [6, 6.07) is 0. The van der Waals surface area contributed by atoms with Crippen LogP contribution in [0.5, 0.6) is 0 Å². The third-order valence-corrected chi connectivity index (χ3v) is 13.1. The largest absolute Gasteiger partial charge is 0.465 e. The Labute approximate surface area is 397 Å². The molecule has 0 aromatic rings. The van der Waals surface area contributed by atoms with Crippen LogP contribution in [0.2, 0.25) is 0 Å². The molecule has 0 unspecified atom stereocenters. The molecule has 0 saturated carbocycles. The molecule has 380 valence electrons. The van der Waals surface area contributed by atoms with Gasteiger partial charge in [-0.1, -0.05) is 189 Å². The van der Waals surface area contributed by atoms with Gasteiger partial charge >= 0.3 is 18.0 Å². The summed E-state index contributed by atoms with van der Waals surface area (Å²) in [6.07, 6.45) is 39.7. The Balaban J connectivity index is 4.97. The van der Waals surface area contributed by atoms with Crippen molar-refractivity contribution in [3.05, 3.63) is 0 Å². The van der Waals surface area contributed by atoms with Gasteiger partial charge in [-0.3, -0.25) is 9.59 Å². The van der Waals surface area contributed by atoms with Gasteiger partial charge in [0.15, 0.2) is 0 Å². The van der Waals surface area contributed by atoms with Gasteiger partial charge in [0.05, 0.1) is 38.3 Å². The monoisotopic (exact) mass is 909 g/mol. The number of rotatable bonds is 50. The van der Waals surface area contributed by atoms with Crippen LogP contribution in [0.3, 0.4) is 0 Å². The first-order valence-corrected chi connectivity index (χ1v) is 27.9. The summed E-state index contributed by atoms with van der Waals surface area (Å²) in [6.45, 7) is 15.4. The van der Waals surface area contributed by atoms with E-state index in [0.717, 1.165) is 116 Å². The fourth-order valence-corrected chi connectivity index (χ4v) is 8.49. The highest BCUT2D eigenvalue weighted by Crippen LogP contribution is 2.23. The number of esters is 2. The Bertz CT molecular complexity index is 921. The number of carbonyl (C=O) groups is 3. The molecule has 1 N–H and O–H groups in total. The van der Waals surface area contributed by atoms with Crippen molar-refractivity contribution in [2.45, 2.75) is 272 Å². The minimum atomic E-state index is -0.398. The van der Waals surface area contributed by atoms with Crippen LogP contribution in [-0.2, 0) is 28.5 Å². The summed E-state index contributed by atoms with van der Waals surface area (Å²) in [4.78, 5) is 41.5. The van der Waals surface area contributed by atoms with Crippen LogP contribution in [0.15, 0.2) is 0 Å². The summed E-state index contributed by atoms with van der Waals surface area (Å²) in [7, 11) is 2.06. The number of alkyl carbamates (subject to hydrolysis) is 1. The van der Waals surface area contributed by atoms with E-state index in [4.69, 9.17) is 18.9 Å². The van der Waals surface area contributed by atoms with Crippen LogP contribution in [-0.4, -0.2) is 82.1 Å². The minimum absolute atomic E-state index is 0.00169. The molecule has 0 fully saturated rings. The van der Waals surface area contributed by atoms with Gasteiger partial charge in [0.2, 0.25) is 0 Å². The lowest BCUT2D eigenvalue weighted by atomic mass is 9.94. The molecular weight excluding hydrogens is 801 g/mol. The number of carbonyl (C=O) groups excluding carboxylic acids is 3. The maximum atomic E-state index is 13.2. The highest BCUT2D eigenvalue weighted by molar-refractivity contribution is 5.72. The van der Waals surface area contributed by atoms with E-state index in [9.17, 15) is 14.4 Å². The zero-order valence-electron chi connectivity index (χ0n) is 43.4. The molecule has 0 rings (SSSR count). The average molecular weight is 909 g/mol. The Morgan fingerprint density at radius 2 is 0.766 bits per heavy atom. The topological polar surface area (TPSA) is 103 Å². The molecule has 1 amide bonds. The van der Waals surface area contributed by atoms with Crippen LogP contribution in [0, 0.1) is 11.8 Å². The number of unbranched alkanes of at least 4 members (excludes halogenated alkanes) is 24. The van der Waals surface area contributed by atoms with Gasteiger partial charge in [0.25, 0.3) is 0 Å². The predicted molar refractivity (Wildman–Crippen MR) is 270 cm³/mol. The fourth-order valence-electron chi connectivity index (χ4n) is 8.49. The summed E-state index contributed by atoms with van der Waals surface area (Å²) < 4.78 is 23.4. The van der Waals surface area contributed by atoms with E-state index in [1.807, 2.05) is 0 Å². The Kier molecular flexibility index (Phi) is 47.6. The Morgan fingerprint density at radius 3 is 1.14 bits per heavy atom. The summed E-state index contributed by atoms with van der Waals surface area (Å²) in [5.74, 6) is 0.0464. The van der Waals surface area contributed by atoms with Crippen LogP contribution < -0.4 is 5.32 Å². The predicted octanol–water partition coefficient (Wildman–Crippen LogP) is 15.5. The Hall–Kier alpha value is -1.87. The van der Waals surface area contributed by atoms with Gasteiger partial charge in [0.1, 0.15) is 6.10 Å². The van der Waals surface area contributed by atoms with Crippen LogP contribution >= 0.6 is 0 Å². The molecule has 0 spiro atoms. The molecule has 9 heteroatoms. The highest BCUT2D eigenvalue weighted by Gasteiger charge is 2.21. The number of nitrogens with zero attached hydrogens (tertiary/aromatic N) is 1. The fraction of sp³-hybridized carbons (Fsp3) is 0.945. The van der Waals surface area contributed by atoms with Gasteiger partial charge in [-0.2, -0.15) is 0 Å². The lowest BCUT2D eigenvalue weighted by Crippen LogP contribution is -2.32. The molecule has 0 aliphatic carbocycles. The van der Waals surface area contributed by atoms with E-state index in [1.165, 1.54) is 128 Å². The molecule has 9 nitrogen and oxygen atoms in total. The summed E-state index contributed by atoms with van der Waals surface area (Å²) >= 11 is 0. The SMILES string of the molecule is CCCCCCCCC(CCCCCCCC)C(=O)OCCCCCC(CCCCCOC(=O)C(CCCCCCCC)CCCCCCCC)OC(=O)NCCOCCN(C)CC. The third kappa shape index (κ3) is 41.6. The number of hydrogen-bond acceptors (Lipinski definition) is 8. The number of amides is 1. The second-order valence-corrected chi connectivity index (χ2v) is 19.1. The van der Waals surface area contributed by atoms with E-state index in [0.29, 0.717) is 33.0 Å². The van der Waals surface area contributed by atoms with E-state index >= 15 is 0 Å². The second-order valence-electron chi connectivity index (χ2n) is 19.1. The highest BCUT2D eigenvalue weighted by atomic mass is 16.6. The van der Waals surface area contributed by atoms with E-state index in [1.54, 1.807) is 0 Å². The van der Waals surface area contributed by atoms with Crippen molar-refractivity contribution >= 4 is 18.0 Å². The standard InChI is InChI=1S/C55H108N2O7/c1-7-12-16-20-24-30-38-50(39-31-25-21-17-13-8-2)53(58)62-46-36-28-34-42-52(64-55(60)56-44-48-61-49-45-57(6)11-5)43-35-29-37-47-63-54(59)51(40-32-26-22-18-14-9-3)41-33-27-23-19-15-10-4/h50-52H,7-49H2,1-6H3,(H,56,60). The summed E-state index contributed by atoms with van der Waals surface area (Å²) in [5.41, 5.74) is 0. The van der Waals surface area contributed by atoms with E-state index < -0.39 is 6.09 Å². The molecule has 0 atom stereocenters. The van der Waals surface area contributed by atoms with Crippen molar-refractivity contribution in [1.82, 2.24) is 10.2 Å². The van der Waals surface area contributed by atoms with Crippen molar-refractivity contribution in [3.8, 4) is 0 Å². The smallest absolute Gasteiger partial charge is 0.407 e. The van der Waals surface area contributed by atoms with Crippen LogP contribution in [0.1, 0.15) is 266 Å². The van der Waals surface area contributed by atoms with Gasteiger partial charge in [-0.05, 0) is 90.6 Å². The average Bonchev–Trinajstić information content (AvgIpc) is 3.29. The third-order valence-electron chi connectivity index (χ3n) is 13.1. The van der Waals surface area contributed by atoms with Crippen molar-refractivity contribution in [3.63, 3.8) is 0 Å². The van der Waals surface area contributed by atoms with Crippen molar-refractivity contribution < 1.29 is 33.3 Å². The summed E-state index contributed by atoms with van der Waals surface area (Å²) in [5, 5.41) is 2.88. The van der Waals surface area contributed by atoms with Crippen LogP contribution in [0.25, 0.3) is 0 Å². The van der Waals surface area contributed by atoms with E-state index in [-0.39, 0.29) is 29.9 Å².